The van der Waals surface area contributed by atoms with Crippen LogP contribution in [-0.4, -0.2) is 28.3 Å². The quantitative estimate of drug-likeness (QED) is 0.757. The van der Waals surface area contributed by atoms with E-state index in [1.807, 2.05) is 19.4 Å². The van der Waals surface area contributed by atoms with Gasteiger partial charge in [-0.15, -0.1) is 0 Å². The smallest absolute Gasteiger partial charge is 0.133 e. The van der Waals surface area contributed by atoms with Gasteiger partial charge < -0.3 is 4.74 Å². The van der Waals surface area contributed by atoms with E-state index >= 15 is 0 Å². The van der Waals surface area contributed by atoms with Crippen molar-refractivity contribution in [1.29, 1.82) is 0 Å². The highest BCUT2D eigenvalue weighted by atomic mass is 16.5. The maximum atomic E-state index is 11.7. The third-order valence-corrected chi connectivity index (χ3v) is 3.22. The number of aromatic nitrogens is 2. The van der Waals surface area contributed by atoms with E-state index in [0.29, 0.717) is 24.7 Å². The first-order valence-corrected chi connectivity index (χ1v) is 6.35. The molecule has 1 aliphatic heterocycles. The number of Topliss-reactive ketones (excluding diaryl/α,β-unsaturated/α-hetero) is 1. The molecule has 0 aliphatic carbocycles. The molecule has 4 heteroatoms. The SMILES string of the molecule is Cn1cc(CCC(=O)CCC2CCCO2)cn1. The molecule has 1 aliphatic rings. The molecule has 2 heterocycles. The van der Waals surface area contributed by atoms with Crippen LogP contribution in [0.2, 0.25) is 0 Å². The molecular formula is C13H20N2O2. The normalized spacial score (nSPS) is 19.7. The number of hydrogen-bond acceptors (Lipinski definition) is 3. The predicted molar refractivity (Wildman–Crippen MR) is 64.7 cm³/mol. The second-order valence-corrected chi connectivity index (χ2v) is 4.73. The Morgan fingerprint density at radius 2 is 2.47 bits per heavy atom. The number of ether oxygens (including phenoxy) is 1. The van der Waals surface area contributed by atoms with Crippen LogP contribution >= 0.6 is 0 Å². The third-order valence-electron chi connectivity index (χ3n) is 3.22. The molecule has 1 fully saturated rings. The number of ketones is 1. The van der Waals surface area contributed by atoms with Crippen molar-refractivity contribution >= 4 is 5.78 Å². The van der Waals surface area contributed by atoms with Gasteiger partial charge >= 0.3 is 0 Å². The highest BCUT2D eigenvalue weighted by molar-refractivity contribution is 5.78. The van der Waals surface area contributed by atoms with E-state index in [1.54, 1.807) is 4.68 Å². The second kappa shape index (κ2) is 5.96. The zero-order valence-electron chi connectivity index (χ0n) is 10.4. The summed E-state index contributed by atoms with van der Waals surface area (Å²) < 4.78 is 7.27. The van der Waals surface area contributed by atoms with Crippen molar-refractivity contribution in [2.45, 2.75) is 44.6 Å². The van der Waals surface area contributed by atoms with Gasteiger partial charge in [0.15, 0.2) is 0 Å². The molecule has 17 heavy (non-hydrogen) atoms. The molecule has 0 saturated carbocycles. The average molecular weight is 236 g/mol. The van der Waals surface area contributed by atoms with E-state index < -0.39 is 0 Å². The Hall–Kier alpha value is -1.16. The molecule has 0 radical (unpaired) electrons. The molecule has 1 unspecified atom stereocenters. The summed E-state index contributed by atoms with van der Waals surface area (Å²) in [6.45, 7) is 0.870. The number of rotatable bonds is 6. The predicted octanol–water partition coefficient (Wildman–Crippen LogP) is 1.88. The van der Waals surface area contributed by atoms with Crippen molar-refractivity contribution in [2.24, 2.45) is 7.05 Å². The van der Waals surface area contributed by atoms with Crippen LogP contribution in [0.15, 0.2) is 12.4 Å². The van der Waals surface area contributed by atoms with Crippen LogP contribution in [0.1, 0.15) is 37.7 Å². The molecule has 1 saturated heterocycles. The Kier molecular flexibility index (Phi) is 4.31. The van der Waals surface area contributed by atoms with Gasteiger partial charge in [0.2, 0.25) is 0 Å². The van der Waals surface area contributed by atoms with E-state index in [4.69, 9.17) is 4.74 Å². The Morgan fingerprint density at radius 1 is 1.59 bits per heavy atom. The molecule has 0 aromatic carbocycles. The number of nitrogens with zero attached hydrogens (tertiary/aromatic N) is 2. The van der Waals surface area contributed by atoms with Crippen molar-refractivity contribution in [3.05, 3.63) is 18.0 Å². The number of carbonyl (C=O) groups excluding carboxylic acids is 1. The zero-order valence-corrected chi connectivity index (χ0v) is 10.4. The van der Waals surface area contributed by atoms with Crippen molar-refractivity contribution < 1.29 is 9.53 Å². The van der Waals surface area contributed by atoms with Gasteiger partial charge in [-0.2, -0.15) is 5.10 Å². The summed E-state index contributed by atoms with van der Waals surface area (Å²) in [7, 11) is 1.89. The van der Waals surface area contributed by atoms with E-state index in [9.17, 15) is 4.79 Å². The lowest BCUT2D eigenvalue weighted by atomic mass is 10.0. The summed E-state index contributed by atoms with van der Waals surface area (Å²) in [4.78, 5) is 11.7. The summed E-state index contributed by atoms with van der Waals surface area (Å²) in [5, 5.41) is 4.09. The van der Waals surface area contributed by atoms with Crippen molar-refractivity contribution in [3.8, 4) is 0 Å². The molecule has 0 N–H and O–H groups in total. The van der Waals surface area contributed by atoms with Crippen molar-refractivity contribution in [3.63, 3.8) is 0 Å². The zero-order chi connectivity index (χ0) is 12.1. The number of hydrogen-bond donors (Lipinski definition) is 0. The molecule has 0 amide bonds. The molecule has 1 aromatic heterocycles. The lowest BCUT2D eigenvalue weighted by Crippen LogP contribution is -2.09. The molecule has 2 rings (SSSR count). The summed E-state index contributed by atoms with van der Waals surface area (Å²) in [5.74, 6) is 0.337. The molecule has 4 nitrogen and oxygen atoms in total. The Balaban J connectivity index is 1.63. The Morgan fingerprint density at radius 3 is 3.12 bits per heavy atom. The van der Waals surface area contributed by atoms with Gasteiger partial charge in [0.25, 0.3) is 0 Å². The number of aryl methyl sites for hydroxylation is 2. The third kappa shape index (κ3) is 3.97. The fraction of sp³-hybridized carbons (Fsp3) is 0.692. The largest absolute Gasteiger partial charge is 0.378 e. The second-order valence-electron chi connectivity index (χ2n) is 4.73. The van der Waals surface area contributed by atoms with Crippen molar-refractivity contribution in [1.82, 2.24) is 9.78 Å². The van der Waals surface area contributed by atoms with E-state index in [-0.39, 0.29) is 0 Å². The molecule has 1 aromatic rings. The van der Waals surface area contributed by atoms with Crippen molar-refractivity contribution in [2.75, 3.05) is 6.61 Å². The summed E-state index contributed by atoms with van der Waals surface area (Å²) >= 11 is 0. The topological polar surface area (TPSA) is 44.1 Å². The standard InChI is InChI=1S/C13H20N2O2/c1-15-10-11(9-14-15)4-5-12(16)6-7-13-3-2-8-17-13/h9-10,13H,2-8H2,1H3. The molecular weight excluding hydrogens is 216 g/mol. The van der Waals surface area contributed by atoms with Gasteiger partial charge in [0, 0.05) is 32.7 Å². The Bertz CT molecular complexity index is 367. The summed E-state index contributed by atoms with van der Waals surface area (Å²) in [6.07, 6.45) is 9.37. The lowest BCUT2D eigenvalue weighted by Gasteiger charge is -2.07. The van der Waals surface area contributed by atoms with Gasteiger partial charge in [0.05, 0.1) is 12.3 Å². The maximum absolute atomic E-state index is 11.7. The van der Waals surface area contributed by atoms with Crippen LogP contribution in [0.4, 0.5) is 0 Å². The highest BCUT2D eigenvalue weighted by Crippen LogP contribution is 2.17. The molecule has 1 atom stereocenters. The minimum absolute atomic E-state index is 0.331. The summed E-state index contributed by atoms with van der Waals surface area (Å²) in [6, 6.07) is 0. The van der Waals surface area contributed by atoms with Gasteiger partial charge in [-0.3, -0.25) is 9.48 Å². The van der Waals surface area contributed by atoms with E-state index in [2.05, 4.69) is 5.10 Å². The minimum atomic E-state index is 0.331. The van der Waals surface area contributed by atoms with Gasteiger partial charge in [0.1, 0.15) is 5.78 Å². The van der Waals surface area contributed by atoms with Crippen LogP contribution in [0.3, 0.4) is 0 Å². The van der Waals surface area contributed by atoms with E-state index in [0.717, 1.165) is 37.9 Å². The van der Waals surface area contributed by atoms with Crippen LogP contribution in [-0.2, 0) is 23.0 Å². The summed E-state index contributed by atoms with van der Waals surface area (Å²) in [5.41, 5.74) is 1.14. The first-order chi connectivity index (χ1) is 8.24. The fourth-order valence-corrected chi connectivity index (χ4v) is 2.20. The highest BCUT2D eigenvalue weighted by Gasteiger charge is 2.16. The molecule has 0 spiro atoms. The first kappa shape index (κ1) is 12.3. The van der Waals surface area contributed by atoms with E-state index in [1.165, 1.54) is 0 Å². The average Bonchev–Trinajstić information content (AvgIpc) is 2.95. The maximum Gasteiger partial charge on any atom is 0.133 e. The molecule has 94 valence electrons. The van der Waals surface area contributed by atoms with Crippen LogP contribution in [0.5, 0.6) is 0 Å². The Labute approximate surface area is 102 Å². The fourth-order valence-electron chi connectivity index (χ4n) is 2.20. The minimum Gasteiger partial charge on any atom is -0.378 e. The first-order valence-electron chi connectivity index (χ1n) is 6.35. The lowest BCUT2D eigenvalue weighted by molar-refractivity contribution is -0.119. The van der Waals surface area contributed by atoms with Gasteiger partial charge in [-0.25, -0.2) is 0 Å². The van der Waals surface area contributed by atoms with Crippen LogP contribution in [0.25, 0.3) is 0 Å². The van der Waals surface area contributed by atoms with Gasteiger partial charge in [-0.05, 0) is 31.2 Å². The monoisotopic (exact) mass is 236 g/mol. The van der Waals surface area contributed by atoms with Crippen LogP contribution in [0, 0.1) is 0 Å². The van der Waals surface area contributed by atoms with Gasteiger partial charge in [-0.1, -0.05) is 0 Å². The molecule has 0 bridgehead atoms. The number of carbonyl (C=O) groups is 1. The van der Waals surface area contributed by atoms with Crippen LogP contribution < -0.4 is 0 Å².